The van der Waals surface area contributed by atoms with Gasteiger partial charge in [-0.1, -0.05) is 45.0 Å². The van der Waals surface area contributed by atoms with E-state index in [1.54, 1.807) is 61.9 Å². The Morgan fingerprint density at radius 2 is 1.68 bits per heavy atom. The molecule has 0 bridgehead atoms. The lowest BCUT2D eigenvalue weighted by molar-refractivity contribution is -0.144. The molecule has 0 unspecified atom stereocenters. The van der Waals surface area contributed by atoms with Gasteiger partial charge in [-0.05, 0) is 98.8 Å². The summed E-state index contributed by atoms with van der Waals surface area (Å²) in [6.45, 7) is 10.4. The predicted octanol–water partition coefficient (Wildman–Crippen LogP) is 8.25. The van der Waals surface area contributed by atoms with Gasteiger partial charge in [0.2, 0.25) is 17.7 Å². The molecule has 390 valence electrons. The van der Waals surface area contributed by atoms with Crippen LogP contribution in [-0.2, 0) is 36.6 Å². The number of thiocarbonyl (C=S) groups is 1. The molecule has 22 heteroatoms. The molecule has 3 atom stereocenters. The number of aliphatic hydroxyl groups excluding tert-OH is 1. The number of aromatic nitrogens is 2. The Morgan fingerprint density at radius 3 is 2.30 bits per heavy atom. The summed E-state index contributed by atoms with van der Waals surface area (Å²) < 4.78 is 84.0. The molecule has 7 rings (SSSR count). The van der Waals surface area contributed by atoms with E-state index < -0.39 is 92.5 Å². The van der Waals surface area contributed by atoms with Gasteiger partial charge in [0.25, 0.3) is 5.91 Å². The van der Waals surface area contributed by atoms with Crippen LogP contribution in [0.4, 0.5) is 33.3 Å². The number of hydrogen-bond acceptors (Lipinski definition) is 12. The molecule has 3 N–H and O–H groups in total. The number of anilines is 2. The molecule has 74 heavy (non-hydrogen) atoms. The SMILES string of the molecule is Cc1ncsc1-c1ccc(CNC(=O)[C@@H]2C[C@@H](O)CN2C(=O)[C@@H](NC(=O)COCCCCOc2ccc(-c3ncc(N4C(=S)N(c5ccc(C#N)c(C(F)(F)F)c5F)C(=O)C4(C)C)cc3F)cc2)C(C)(C)C)cc1. The Hall–Kier alpha value is -6.93. The number of β-amino-alcohol motifs (C(OH)–C–C–N with tert-alkyl or cyclic N) is 1. The molecule has 0 radical (unpaired) electrons. The van der Waals surface area contributed by atoms with Gasteiger partial charge in [-0.3, -0.25) is 29.1 Å². The molecule has 5 aromatic rings. The number of amides is 4. The summed E-state index contributed by atoms with van der Waals surface area (Å²) in [4.78, 5) is 66.8. The van der Waals surface area contributed by atoms with Gasteiger partial charge in [0.1, 0.15) is 41.2 Å². The van der Waals surface area contributed by atoms with E-state index in [0.717, 1.165) is 44.8 Å². The van der Waals surface area contributed by atoms with Gasteiger partial charge in [-0.2, -0.15) is 18.4 Å². The van der Waals surface area contributed by atoms with Crippen LogP contribution in [0.1, 0.15) is 76.3 Å². The Morgan fingerprint density at radius 1 is 1.00 bits per heavy atom. The molecular formula is C52H53F5N8O7S2. The lowest BCUT2D eigenvalue weighted by Crippen LogP contribution is -2.58. The average molecular weight is 1060 g/mol. The summed E-state index contributed by atoms with van der Waals surface area (Å²) in [5.41, 5.74) is -1.13. The second-order valence-corrected chi connectivity index (χ2v) is 20.6. The highest BCUT2D eigenvalue weighted by atomic mass is 32.1. The monoisotopic (exact) mass is 1060 g/mol. The third-order valence-electron chi connectivity index (χ3n) is 12.5. The van der Waals surface area contributed by atoms with Crippen LogP contribution in [0.15, 0.2) is 78.4 Å². The van der Waals surface area contributed by atoms with Crippen molar-refractivity contribution < 1.29 is 55.7 Å². The number of rotatable bonds is 17. The summed E-state index contributed by atoms with van der Waals surface area (Å²) in [6, 6.07) is 16.1. The topological polar surface area (TPSA) is 190 Å². The number of carbonyl (C=O) groups is 4. The molecule has 2 aromatic heterocycles. The van der Waals surface area contributed by atoms with Crippen LogP contribution in [0, 0.1) is 35.3 Å². The highest BCUT2D eigenvalue weighted by molar-refractivity contribution is 7.81. The lowest BCUT2D eigenvalue weighted by Gasteiger charge is -2.35. The largest absolute Gasteiger partial charge is 0.494 e. The Bertz CT molecular complexity index is 2980. The van der Waals surface area contributed by atoms with E-state index in [-0.39, 0.29) is 50.7 Å². The molecule has 15 nitrogen and oxygen atoms in total. The Labute approximate surface area is 433 Å². The number of halogens is 5. The van der Waals surface area contributed by atoms with E-state index in [2.05, 4.69) is 20.6 Å². The standard InChI is InChI=1S/C52H53F5N8O7S2/c1-29-44(74-28-61-29)32-11-9-30(10-12-32)24-60-46(68)39-22-35(66)26-63(39)47(69)45(50(2,3)4)62-40(67)27-71-19-7-8-20-72-36-16-13-31(14-17-36)43-37(53)21-34(25-59-43)65-49(73)64(48(70)51(65,5)6)38-18-15-33(23-58)41(42(38)54)52(55,56)57/h9-18,21,25,28,35,39,45,66H,7-8,19-20,22,24,26-27H2,1-6H3,(H,60,68)(H,62,67)/t35-,39+,45-/m1/s1. The van der Waals surface area contributed by atoms with Crippen LogP contribution in [-0.4, -0.2) is 98.8 Å². The van der Waals surface area contributed by atoms with E-state index in [4.69, 9.17) is 21.7 Å². The van der Waals surface area contributed by atoms with Crippen LogP contribution in [0.2, 0.25) is 0 Å². The number of hydrogen-bond donors (Lipinski definition) is 3. The van der Waals surface area contributed by atoms with Crippen molar-refractivity contribution in [1.29, 1.82) is 5.26 Å². The van der Waals surface area contributed by atoms with Crippen LogP contribution in [0.5, 0.6) is 5.75 Å². The molecule has 2 aliphatic rings. The highest BCUT2D eigenvalue weighted by Gasteiger charge is 2.52. The number of alkyl halides is 3. The highest BCUT2D eigenvalue weighted by Crippen LogP contribution is 2.42. The first-order valence-corrected chi connectivity index (χ1v) is 24.7. The number of benzene rings is 3. The van der Waals surface area contributed by atoms with Crippen LogP contribution in [0.3, 0.4) is 0 Å². The minimum Gasteiger partial charge on any atom is -0.494 e. The molecule has 0 spiro atoms. The third-order valence-corrected chi connectivity index (χ3v) is 13.9. The number of pyridine rings is 1. The summed E-state index contributed by atoms with van der Waals surface area (Å²) in [5.74, 6) is -4.54. The van der Waals surface area contributed by atoms with Crippen LogP contribution in [0.25, 0.3) is 21.7 Å². The fourth-order valence-electron chi connectivity index (χ4n) is 8.66. The van der Waals surface area contributed by atoms with E-state index in [1.165, 1.54) is 31.0 Å². The second kappa shape index (κ2) is 22.3. The van der Waals surface area contributed by atoms with Crippen molar-refractivity contribution in [3.63, 3.8) is 0 Å². The van der Waals surface area contributed by atoms with Gasteiger partial charge >= 0.3 is 6.18 Å². The van der Waals surface area contributed by atoms with Crippen molar-refractivity contribution in [3.05, 3.63) is 112 Å². The van der Waals surface area contributed by atoms with Crippen molar-refractivity contribution in [2.45, 2.75) is 97.3 Å². The van der Waals surface area contributed by atoms with Gasteiger partial charge in [0.15, 0.2) is 16.7 Å². The smallest absolute Gasteiger partial charge is 0.420 e. The van der Waals surface area contributed by atoms with E-state index >= 15 is 8.78 Å². The first-order chi connectivity index (χ1) is 34.9. The zero-order valence-corrected chi connectivity index (χ0v) is 42.8. The summed E-state index contributed by atoms with van der Waals surface area (Å²) in [7, 11) is 0. The summed E-state index contributed by atoms with van der Waals surface area (Å²) >= 11 is 7.00. The van der Waals surface area contributed by atoms with Crippen LogP contribution < -0.4 is 25.2 Å². The minimum atomic E-state index is -5.25. The number of carbonyl (C=O) groups excluding carboxylic acids is 4. The summed E-state index contributed by atoms with van der Waals surface area (Å²) in [6.07, 6.45) is -3.83. The number of likely N-dealkylation sites (tertiary alicyclic amines) is 1. The minimum absolute atomic E-state index is 0.0244. The number of nitrogens with one attached hydrogen (secondary N) is 2. The number of ether oxygens (including phenoxy) is 2. The number of unbranched alkanes of at least 4 members (excludes halogenated alkanes) is 1. The molecule has 4 amide bonds. The van der Waals surface area contributed by atoms with Gasteiger partial charge in [-0.15, -0.1) is 11.3 Å². The summed E-state index contributed by atoms with van der Waals surface area (Å²) in [5, 5.41) is 25.0. The molecule has 3 aromatic carbocycles. The quantitative estimate of drug-likeness (QED) is 0.0460. The van der Waals surface area contributed by atoms with Crippen molar-refractivity contribution in [2.75, 3.05) is 36.2 Å². The molecular weight excluding hydrogens is 1010 g/mol. The maximum atomic E-state index is 15.7. The maximum Gasteiger partial charge on any atom is 0.420 e. The number of thiazole rings is 1. The van der Waals surface area contributed by atoms with E-state index in [9.17, 15) is 42.7 Å². The zero-order chi connectivity index (χ0) is 53.9. The Kier molecular flexibility index (Phi) is 16.5. The molecule has 2 fully saturated rings. The normalized spacial score (nSPS) is 17.1. The number of nitrogens with zero attached hydrogens (tertiary/aromatic N) is 6. The Balaban J connectivity index is 0.860. The molecule has 0 saturated carbocycles. The van der Waals surface area contributed by atoms with E-state index in [0.29, 0.717) is 29.1 Å². The van der Waals surface area contributed by atoms with Crippen LogP contribution >= 0.6 is 23.6 Å². The average Bonchev–Trinajstić information content (AvgIpc) is 4.01. The molecule has 0 aliphatic carbocycles. The molecule has 4 heterocycles. The number of aryl methyl sites for hydroxylation is 1. The zero-order valence-electron chi connectivity index (χ0n) is 41.2. The van der Waals surface area contributed by atoms with Crippen molar-refractivity contribution in [2.24, 2.45) is 5.41 Å². The van der Waals surface area contributed by atoms with Gasteiger partial charge < -0.3 is 35.0 Å². The van der Waals surface area contributed by atoms with Gasteiger partial charge in [0, 0.05) is 37.7 Å². The van der Waals surface area contributed by atoms with Gasteiger partial charge in [-0.25, -0.2) is 13.8 Å². The lowest BCUT2D eigenvalue weighted by atomic mass is 9.85. The first-order valence-electron chi connectivity index (χ1n) is 23.4. The fraction of sp³-hybridized carbons (Fsp3) is 0.385. The van der Waals surface area contributed by atoms with Gasteiger partial charge in [0.05, 0.1) is 58.0 Å². The van der Waals surface area contributed by atoms with Crippen molar-refractivity contribution in [3.8, 4) is 33.5 Å². The van der Waals surface area contributed by atoms with E-state index in [1.807, 2.05) is 31.2 Å². The number of nitriles is 1. The molecule has 2 saturated heterocycles. The number of aliphatic hydroxyl groups is 1. The molecule has 2 aliphatic heterocycles. The maximum absolute atomic E-state index is 15.7. The van der Waals surface area contributed by atoms with Crippen molar-refractivity contribution in [1.82, 2.24) is 25.5 Å². The first kappa shape index (κ1) is 54.8. The predicted molar refractivity (Wildman–Crippen MR) is 270 cm³/mol. The third kappa shape index (κ3) is 11.9. The fourth-order valence-corrected chi connectivity index (χ4v) is 9.99. The second-order valence-electron chi connectivity index (χ2n) is 19.3. The van der Waals surface area contributed by atoms with Crippen molar-refractivity contribution >= 4 is 63.7 Å².